The molecule has 3 heterocycles. The molecule has 6 nitrogen and oxygen atoms in total. The number of hydrogen-bond acceptors (Lipinski definition) is 4. The van der Waals surface area contributed by atoms with E-state index in [2.05, 4.69) is 15.2 Å². The van der Waals surface area contributed by atoms with Crippen molar-refractivity contribution in [1.29, 1.82) is 0 Å². The van der Waals surface area contributed by atoms with Gasteiger partial charge in [-0.15, -0.1) is 0 Å². The molecule has 2 aromatic heterocycles. The Balaban J connectivity index is 0.00000120. The van der Waals surface area contributed by atoms with Gasteiger partial charge in [-0.1, -0.05) is 0 Å². The van der Waals surface area contributed by atoms with Gasteiger partial charge < -0.3 is 0 Å². The largest absolute Gasteiger partial charge is 0.261 e. The number of aromatic nitrogens is 3. The molecule has 2 aromatic rings. The van der Waals surface area contributed by atoms with Crippen LogP contribution in [-0.2, 0) is 23.0 Å². The maximum absolute atomic E-state index is 11.5. The van der Waals surface area contributed by atoms with Gasteiger partial charge in [-0.2, -0.15) is 9.40 Å². The number of fused-ring (bicyclic) bond motifs is 3. The van der Waals surface area contributed by atoms with Crippen LogP contribution in [0.25, 0.3) is 11.0 Å². The fourth-order valence-electron chi connectivity index (χ4n) is 2.21. The van der Waals surface area contributed by atoms with Gasteiger partial charge in [0.2, 0.25) is 10.0 Å². The molecule has 3 rings (SSSR count). The van der Waals surface area contributed by atoms with Crippen LogP contribution in [0.1, 0.15) is 12.6 Å². The van der Waals surface area contributed by atoms with Crippen LogP contribution in [0.4, 0.5) is 0 Å². The Labute approximate surface area is 100 Å². The lowest BCUT2D eigenvalue weighted by atomic mass is 10.0. The van der Waals surface area contributed by atoms with Gasteiger partial charge in [-0.3, -0.25) is 5.10 Å². The summed E-state index contributed by atoms with van der Waals surface area (Å²) < 4.78 is 24.5. The monoisotopic (exact) mass is 254 g/mol. The molecular formula is C10H14N4O2S. The minimum absolute atomic E-state index is 0. The summed E-state index contributed by atoms with van der Waals surface area (Å²) in [5, 5.41) is 7.77. The van der Waals surface area contributed by atoms with Crippen molar-refractivity contribution in [1.82, 2.24) is 19.5 Å². The van der Waals surface area contributed by atoms with Crippen LogP contribution in [0.3, 0.4) is 0 Å². The average molecular weight is 254 g/mol. The van der Waals surface area contributed by atoms with Crippen LogP contribution in [0.15, 0.2) is 12.4 Å². The van der Waals surface area contributed by atoms with E-state index in [0.29, 0.717) is 19.5 Å². The molecule has 7 heteroatoms. The Morgan fingerprint density at radius 1 is 1.47 bits per heavy atom. The van der Waals surface area contributed by atoms with Crippen molar-refractivity contribution < 1.29 is 9.84 Å². The second-order valence-electron chi connectivity index (χ2n) is 4.24. The van der Waals surface area contributed by atoms with Crippen LogP contribution in [0.2, 0.25) is 0 Å². The molecule has 0 amide bonds. The third-order valence-corrected chi connectivity index (χ3v) is 4.36. The van der Waals surface area contributed by atoms with E-state index in [1.165, 1.54) is 10.6 Å². The van der Waals surface area contributed by atoms with E-state index >= 15 is 0 Å². The molecule has 0 saturated carbocycles. The number of aromatic amines is 1. The van der Waals surface area contributed by atoms with Crippen molar-refractivity contribution >= 4 is 21.1 Å². The van der Waals surface area contributed by atoms with Crippen LogP contribution >= 0.6 is 0 Å². The molecule has 0 atom stereocenters. The predicted molar refractivity (Wildman–Crippen MR) is 65.0 cm³/mol. The van der Waals surface area contributed by atoms with Gasteiger partial charge in [0.1, 0.15) is 0 Å². The Kier molecular flexibility index (Phi) is 2.20. The molecular weight excluding hydrogens is 240 g/mol. The summed E-state index contributed by atoms with van der Waals surface area (Å²) >= 11 is 0. The number of sulfonamides is 1. The molecule has 0 spiro atoms. The first-order valence-corrected chi connectivity index (χ1v) is 7.15. The second kappa shape index (κ2) is 3.51. The molecule has 0 aromatic carbocycles. The lowest BCUT2D eigenvalue weighted by Gasteiger charge is -2.26. The summed E-state index contributed by atoms with van der Waals surface area (Å²) in [6, 6.07) is 0. The molecule has 17 heavy (non-hydrogen) atoms. The topological polar surface area (TPSA) is 79.0 Å². The first-order valence-electron chi connectivity index (χ1n) is 5.30. The molecule has 0 aliphatic carbocycles. The van der Waals surface area contributed by atoms with E-state index in [0.717, 1.165) is 22.2 Å². The van der Waals surface area contributed by atoms with Gasteiger partial charge in [0, 0.05) is 26.1 Å². The Morgan fingerprint density at radius 2 is 2.29 bits per heavy atom. The first kappa shape index (κ1) is 10.7. The van der Waals surface area contributed by atoms with Gasteiger partial charge in [-0.05, 0) is 17.5 Å². The van der Waals surface area contributed by atoms with Gasteiger partial charge in [-0.25, -0.2) is 13.4 Å². The zero-order valence-corrected chi connectivity index (χ0v) is 10.2. The van der Waals surface area contributed by atoms with Gasteiger partial charge in [0.15, 0.2) is 5.65 Å². The lowest BCUT2D eigenvalue weighted by molar-refractivity contribution is 0.395. The molecule has 0 radical (unpaired) electrons. The summed E-state index contributed by atoms with van der Waals surface area (Å²) in [5.41, 5.74) is 2.88. The van der Waals surface area contributed by atoms with E-state index in [-0.39, 0.29) is 1.43 Å². The molecule has 0 unspecified atom stereocenters. The number of pyridine rings is 1. The van der Waals surface area contributed by atoms with Gasteiger partial charge >= 0.3 is 0 Å². The van der Waals surface area contributed by atoms with Crippen LogP contribution in [-0.4, -0.2) is 40.7 Å². The summed E-state index contributed by atoms with van der Waals surface area (Å²) in [7, 11) is -3.13. The Bertz CT molecular complexity index is 682. The minimum Gasteiger partial charge on any atom is -0.261 e. The number of nitrogens with one attached hydrogen (secondary N) is 1. The normalized spacial score (nSPS) is 17.2. The van der Waals surface area contributed by atoms with E-state index in [1.54, 1.807) is 12.4 Å². The number of rotatable bonds is 1. The highest BCUT2D eigenvalue weighted by Crippen LogP contribution is 2.25. The lowest BCUT2D eigenvalue weighted by Crippen LogP contribution is -2.35. The number of hydrogen-bond donors (Lipinski definition) is 1. The van der Waals surface area contributed by atoms with Crippen molar-refractivity contribution in [3.05, 3.63) is 23.5 Å². The molecule has 92 valence electrons. The van der Waals surface area contributed by atoms with Crippen molar-refractivity contribution in [2.75, 3.05) is 12.8 Å². The van der Waals surface area contributed by atoms with Crippen molar-refractivity contribution in [3.8, 4) is 0 Å². The third kappa shape index (κ3) is 1.71. The molecule has 0 bridgehead atoms. The second-order valence-corrected chi connectivity index (χ2v) is 6.22. The SMILES string of the molecule is CS(=O)(=O)N1CCc2c(cnc3[nH]ncc23)C1.[HH]. The molecule has 1 aliphatic heterocycles. The highest BCUT2D eigenvalue weighted by molar-refractivity contribution is 7.88. The van der Waals surface area contributed by atoms with Crippen LogP contribution < -0.4 is 0 Å². The number of H-pyrrole nitrogens is 1. The summed E-state index contributed by atoms with van der Waals surface area (Å²) in [5.74, 6) is 0. The fourth-order valence-corrected chi connectivity index (χ4v) is 3.01. The zero-order valence-electron chi connectivity index (χ0n) is 9.34. The smallest absolute Gasteiger partial charge is 0.211 e. The maximum atomic E-state index is 11.5. The summed E-state index contributed by atoms with van der Waals surface area (Å²) in [6.07, 6.45) is 5.42. The quantitative estimate of drug-likeness (QED) is 0.804. The summed E-state index contributed by atoms with van der Waals surface area (Å²) in [6.45, 7) is 0.929. The Morgan fingerprint density at radius 3 is 3.06 bits per heavy atom. The first-order chi connectivity index (χ1) is 8.05. The number of nitrogens with zero attached hydrogens (tertiary/aromatic N) is 3. The van der Waals surface area contributed by atoms with E-state index in [9.17, 15) is 8.42 Å². The highest BCUT2D eigenvalue weighted by atomic mass is 32.2. The van der Waals surface area contributed by atoms with Gasteiger partial charge in [0.05, 0.1) is 12.5 Å². The molecule has 0 fully saturated rings. The van der Waals surface area contributed by atoms with Crippen molar-refractivity contribution in [3.63, 3.8) is 0 Å². The van der Waals surface area contributed by atoms with Crippen LogP contribution in [0.5, 0.6) is 0 Å². The maximum Gasteiger partial charge on any atom is 0.211 e. The fraction of sp³-hybridized carbons (Fsp3) is 0.400. The molecule has 1 aliphatic rings. The third-order valence-electron chi connectivity index (χ3n) is 3.11. The predicted octanol–water partition coefficient (Wildman–Crippen LogP) is 0.522. The van der Waals surface area contributed by atoms with Gasteiger partial charge in [0.25, 0.3) is 0 Å². The highest BCUT2D eigenvalue weighted by Gasteiger charge is 2.24. The standard InChI is InChI=1S/C10H12N4O2S.H2/c1-17(15,16)14-3-2-8-7(6-14)4-11-10-9(8)5-12-13-10;/h4-5H,2-3,6H2,1H3,(H,11,12,13);1H. The van der Waals surface area contributed by atoms with E-state index < -0.39 is 10.0 Å². The summed E-state index contributed by atoms with van der Waals surface area (Å²) in [4.78, 5) is 4.23. The van der Waals surface area contributed by atoms with Crippen molar-refractivity contribution in [2.45, 2.75) is 13.0 Å². The van der Waals surface area contributed by atoms with Crippen molar-refractivity contribution in [2.24, 2.45) is 0 Å². The zero-order chi connectivity index (χ0) is 12.0. The van der Waals surface area contributed by atoms with Crippen LogP contribution in [0, 0.1) is 0 Å². The molecule has 1 N–H and O–H groups in total. The van der Waals surface area contributed by atoms with E-state index in [4.69, 9.17) is 0 Å². The molecule has 0 saturated heterocycles. The average Bonchev–Trinajstić information content (AvgIpc) is 2.75. The van der Waals surface area contributed by atoms with E-state index in [1.807, 2.05) is 0 Å². The Hall–Kier alpha value is -1.47. The minimum atomic E-state index is -3.13.